The molecule has 2 nitrogen and oxygen atoms in total. The molecule has 0 saturated carbocycles. The highest BCUT2D eigenvalue weighted by molar-refractivity contribution is 7.99. The highest BCUT2D eigenvalue weighted by atomic mass is 32.2. The Balaban J connectivity index is 2.22. The molecule has 0 aliphatic carbocycles. The second kappa shape index (κ2) is 8.00. The van der Waals surface area contributed by atoms with Gasteiger partial charge in [0.2, 0.25) is 0 Å². The fraction of sp³-hybridized carbons (Fsp3) is 0.182. The largest absolute Gasteiger partial charge is 0.240 e. The van der Waals surface area contributed by atoms with Gasteiger partial charge in [0.15, 0.2) is 0 Å². The van der Waals surface area contributed by atoms with Crippen molar-refractivity contribution >= 4 is 11.8 Å². The third kappa shape index (κ3) is 3.92. The molecule has 0 aliphatic rings. The summed E-state index contributed by atoms with van der Waals surface area (Å²) in [5.74, 6) is 0. The van der Waals surface area contributed by atoms with Gasteiger partial charge in [-0.3, -0.25) is 0 Å². The second-order valence-corrected chi connectivity index (χ2v) is 7.34. The molecule has 0 radical (unpaired) electrons. The van der Waals surface area contributed by atoms with Crippen molar-refractivity contribution in [1.29, 1.82) is 5.26 Å². The number of hydrogen-bond acceptors (Lipinski definition) is 3. The lowest BCUT2D eigenvalue weighted by Crippen LogP contribution is -2.00. The van der Waals surface area contributed by atoms with Gasteiger partial charge in [0.25, 0.3) is 0 Å². The molecule has 0 aliphatic heterocycles. The molecule has 3 rings (SSSR count). The molecule has 25 heavy (non-hydrogen) atoms. The summed E-state index contributed by atoms with van der Waals surface area (Å²) in [6.07, 6.45) is 1.04. The highest BCUT2D eigenvalue weighted by Gasteiger charge is 2.17. The van der Waals surface area contributed by atoms with E-state index in [4.69, 9.17) is 4.98 Å². The molecule has 0 amide bonds. The standard InChI is InChI=1S/C22H20N2S/c1-3-16(2)25-22-20(15-23)19(17-10-6-4-7-11-17)14-21(24-22)18-12-8-5-9-13-18/h4-14,16H,3H2,1-2H3. The minimum atomic E-state index is 0.411. The van der Waals surface area contributed by atoms with E-state index in [2.05, 4.69) is 32.0 Å². The van der Waals surface area contributed by atoms with Gasteiger partial charge in [0.1, 0.15) is 11.1 Å². The van der Waals surface area contributed by atoms with Crippen LogP contribution in [0.15, 0.2) is 71.8 Å². The Labute approximate surface area is 153 Å². The number of pyridine rings is 1. The zero-order valence-electron chi connectivity index (χ0n) is 14.4. The maximum atomic E-state index is 9.80. The van der Waals surface area contributed by atoms with Crippen LogP contribution < -0.4 is 0 Å². The molecule has 3 heteroatoms. The van der Waals surface area contributed by atoms with Crippen LogP contribution in [0.4, 0.5) is 0 Å². The van der Waals surface area contributed by atoms with Gasteiger partial charge in [-0.1, -0.05) is 74.5 Å². The van der Waals surface area contributed by atoms with Crippen molar-refractivity contribution in [2.24, 2.45) is 0 Å². The van der Waals surface area contributed by atoms with E-state index in [1.54, 1.807) is 11.8 Å². The summed E-state index contributed by atoms with van der Waals surface area (Å²) >= 11 is 1.68. The van der Waals surface area contributed by atoms with Crippen LogP contribution >= 0.6 is 11.8 Å². The molecule has 1 atom stereocenters. The summed E-state index contributed by atoms with van der Waals surface area (Å²) in [7, 11) is 0. The Bertz CT molecular complexity index is 883. The van der Waals surface area contributed by atoms with Gasteiger partial charge in [0, 0.05) is 16.4 Å². The molecule has 124 valence electrons. The van der Waals surface area contributed by atoms with Crippen molar-refractivity contribution < 1.29 is 0 Å². The van der Waals surface area contributed by atoms with Crippen molar-refractivity contribution in [2.75, 3.05) is 0 Å². The first-order valence-electron chi connectivity index (χ1n) is 8.45. The minimum absolute atomic E-state index is 0.411. The van der Waals surface area contributed by atoms with Crippen LogP contribution in [0.25, 0.3) is 22.4 Å². The fourth-order valence-electron chi connectivity index (χ4n) is 2.59. The predicted octanol–water partition coefficient (Wildman–Crippen LogP) is 6.18. The van der Waals surface area contributed by atoms with Crippen molar-refractivity contribution in [3.8, 4) is 28.5 Å². The van der Waals surface area contributed by atoms with E-state index in [0.29, 0.717) is 10.8 Å². The summed E-state index contributed by atoms with van der Waals surface area (Å²) in [4.78, 5) is 4.83. The number of nitriles is 1. The summed E-state index contributed by atoms with van der Waals surface area (Å²) < 4.78 is 0. The summed E-state index contributed by atoms with van der Waals surface area (Å²) in [5.41, 5.74) is 4.63. The first-order valence-corrected chi connectivity index (χ1v) is 9.33. The molecule has 0 N–H and O–H groups in total. The van der Waals surface area contributed by atoms with Gasteiger partial charge in [-0.25, -0.2) is 4.98 Å². The Morgan fingerprint density at radius 3 is 2.16 bits per heavy atom. The third-order valence-electron chi connectivity index (χ3n) is 4.14. The molecule has 3 aromatic rings. The van der Waals surface area contributed by atoms with Gasteiger partial charge in [0.05, 0.1) is 11.3 Å². The van der Waals surface area contributed by atoms with Crippen molar-refractivity contribution in [3.63, 3.8) is 0 Å². The van der Waals surface area contributed by atoms with Crippen LogP contribution in [0.3, 0.4) is 0 Å². The van der Waals surface area contributed by atoms with Crippen LogP contribution in [0.5, 0.6) is 0 Å². The maximum Gasteiger partial charge on any atom is 0.115 e. The average molecular weight is 344 g/mol. The van der Waals surface area contributed by atoms with Crippen molar-refractivity contribution in [2.45, 2.75) is 30.5 Å². The lowest BCUT2D eigenvalue weighted by atomic mass is 9.99. The van der Waals surface area contributed by atoms with Crippen LogP contribution in [-0.4, -0.2) is 10.2 Å². The Hall–Kier alpha value is -2.57. The topological polar surface area (TPSA) is 36.7 Å². The lowest BCUT2D eigenvalue weighted by Gasteiger charge is -2.14. The lowest BCUT2D eigenvalue weighted by molar-refractivity contribution is 0.900. The van der Waals surface area contributed by atoms with Crippen LogP contribution in [-0.2, 0) is 0 Å². The number of hydrogen-bond donors (Lipinski definition) is 0. The van der Waals surface area contributed by atoms with Gasteiger partial charge >= 0.3 is 0 Å². The SMILES string of the molecule is CCC(C)Sc1nc(-c2ccccc2)cc(-c2ccccc2)c1C#N. The number of aromatic nitrogens is 1. The number of nitrogens with zero attached hydrogens (tertiary/aromatic N) is 2. The molecule has 0 fully saturated rings. The van der Waals surface area contributed by atoms with E-state index < -0.39 is 0 Å². The van der Waals surface area contributed by atoms with E-state index in [-0.39, 0.29) is 0 Å². The normalized spacial score (nSPS) is 11.7. The van der Waals surface area contributed by atoms with Gasteiger partial charge in [-0.05, 0) is 18.1 Å². The zero-order chi connectivity index (χ0) is 17.6. The van der Waals surface area contributed by atoms with Crippen LogP contribution in [0.1, 0.15) is 25.8 Å². The predicted molar refractivity (Wildman–Crippen MR) is 105 cm³/mol. The van der Waals surface area contributed by atoms with Crippen molar-refractivity contribution in [3.05, 3.63) is 72.3 Å². The average Bonchev–Trinajstić information content (AvgIpc) is 2.68. The summed E-state index contributed by atoms with van der Waals surface area (Å²) in [6, 6.07) is 24.6. The monoisotopic (exact) mass is 344 g/mol. The Kier molecular flexibility index (Phi) is 5.53. The smallest absolute Gasteiger partial charge is 0.115 e. The minimum Gasteiger partial charge on any atom is -0.240 e. The molecule has 1 unspecified atom stereocenters. The van der Waals surface area contributed by atoms with E-state index in [1.165, 1.54) is 0 Å². The van der Waals surface area contributed by atoms with Crippen molar-refractivity contribution in [1.82, 2.24) is 4.98 Å². The molecule has 0 bridgehead atoms. The third-order valence-corrected chi connectivity index (χ3v) is 5.39. The van der Waals surface area contributed by atoms with Crippen LogP contribution in [0.2, 0.25) is 0 Å². The van der Waals surface area contributed by atoms with E-state index in [9.17, 15) is 5.26 Å². The molecule has 0 spiro atoms. The first-order chi connectivity index (χ1) is 12.2. The molecule has 2 aromatic carbocycles. The summed E-state index contributed by atoms with van der Waals surface area (Å²) in [5, 5.41) is 11.0. The van der Waals surface area contributed by atoms with E-state index in [0.717, 1.165) is 33.8 Å². The molecular formula is C22H20N2S. The molecule has 1 heterocycles. The van der Waals surface area contributed by atoms with E-state index in [1.807, 2.05) is 54.6 Å². The van der Waals surface area contributed by atoms with Gasteiger partial charge in [-0.15, -0.1) is 11.8 Å². The highest BCUT2D eigenvalue weighted by Crippen LogP contribution is 2.35. The summed E-state index contributed by atoms with van der Waals surface area (Å²) in [6.45, 7) is 4.33. The van der Waals surface area contributed by atoms with Gasteiger partial charge in [-0.2, -0.15) is 5.26 Å². The first kappa shape index (κ1) is 17.3. The van der Waals surface area contributed by atoms with E-state index >= 15 is 0 Å². The Morgan fingerprint density at radius 2 is 1.60 bits per heavy atom. The molecule has 0 saturated heterocycles. The number of thioether (sulfide) groups is 1. The molecule has 1 aromatic heterocycles. The Morgan fingerprint density at radius 1 is 1.00 bits per heavy atom. The quantitative estimate of drug-likeness (QED) is 0.519. The maximum absolute atomic E-state index is 9.80. The fourth-order valence-corrected chi connectivity index (χ4v) is 3.56. The number of benzene rings is 2. The second-order valence-electron chi connectivity index (χ2n) is 5.92. The number of rotatable bonds is 5. The zero-order valence-corrected chi connectivity index (χ0v) is 15.3. The van der Waals surface area contributed by atoms with Crippen LogP contribution in [0, 0.1) is 11.3 Å². The molecular weight excluding hydrogens is 324 g/mol. The van der Waals surface area contributed by atoms with Gasteiger partial charge < -0.3 is 0 Å².